The quantitative estimate of drug-likeness (QED) is 0.601. The van der Waals surface area contributed by atoms with E-state index in [1.165, 1.54) is 4.88 Å². The van der Waals surface area contributed by atoms with Gasteiger partial charge >= 0.3 is 0 Å². The highest BCUT2D eigenvalue weighted by atomic mass is 35.5. The van der Waals surface area contributed by atoms with Crippen LogP contribution >= 0.6 is 22.9 Å². The fourth-order valence-corrected chi connectivity index (χ4v) is 5.80. The Kier molecular flexibility index (Phi) is 5.49. The van der Waals surface area contributed by atoms with Gasteiger partial charge in [0.05, 0.1) is 17.6 Å². The number of allylic oxidation sites excluding steroid dienone is 3. The third-order valence-electron chi connectivity index (χ3n) is 6.11. The minimum atomic E-state index is -0.411. The average molecular weight is 452 g/mol. The van der Waals surface area contributed by atoms with E-state index in [0.29, 0.717) is 34.8 Å². The molecule has 0 radical (unpaired) electrons. The first-order valence-corrected chi connectivity index (χ1v) is 11.7. The van der Waals surface area contributed by atoms with Gasteiger partial charge in [0.1, 0.15) is 5.82 Å². The van der Waals surface area contributed by atoms with Gasteiger partial charge in [-0.3, -0.25) is 9.69 Å². The van der Waals surface area contributed by atoms with E-state index in [1.54, 1.807) is 11.3 Å². The number of carbonyl (C=O) groups is 1. The zero-order valence-electron chi connectivity index (χ0n) is 18.3. The number of anilines is 1. The smallest absolute Gasteiger partial charge is 0.162 e. The number of rotatable bonds is 3. The molecule has 4 nitrogen and oxygen atoms in total. The first kappa shape index (κ1) is 21.7. The second kappa shape index (κ2) is 7.85. The summed E-state index contributed by atoms with van der Waals surface area (Å²) in [4.78, 5) is 17.6. The van der Waals surface area contributed by atoms with E-state index in [-0.39, 0.29) is 11.2 Å². The first-order valence-electron chi connectivity index (χ1n) is 10.5. The lowest BCUT2D eigenvalue weighted by molar-refractivity contribution is -0.118. The molecule has 0 fully saturated rings. The molecule has 4 rings (SSSR count). The van der Waals surface area contributed by atoms with E-state index < -0.39 is 5.92 Å². The molecule has 6 heteroatoms. The molecule has 0 saturated heterocycles. The molecule has 2 N–H and O–H groups in total. The van der Waals surface area contributed by atoms with Gasteiger partial charge in [0, 0.05) is 38.2 Å². The minimum absolute atomic E-state index is 0.0890. The van der Waals surface area contributed by atoms with E-state index in [2.05, 4.69) is 32.9 Å². The van der Waals surface area contributed by atoms with Crippen molar-refractivity contribution in [3.8, 4) is 6.07 Å². The molecule has 31 heavy (non-hydrogen) atoms. The summed E-state index contributed by atoms with van der Waals surface area (Å²) in [6.07, 6.45) is 2.07. The van der Waals surface area contributed by atoms with Gasteiger partial charge in [0.2, 0.25) is 0 Å². The molecule has 2 heterocycles. The van der Waals surface area contributed by atoms with Gasteiger partial charge in [-0.1, -0.05) is 38.4 Å². The van der Waals surface area contributed by atoms with Gasteiger partial charge in [0.15, 0.2) is 5.78 Å². The normalized spacial score (nSPS) is 20.7. The fourth-order valence-electron chi connectivity index (χ4n) is 4.55. The van der Waals surface area contributed by atoms with Crippen LogP contribution in [0.2, 0.25) is 5.02 Å². The summed E-state index contributed by atoms with van der Waals surface area (Å²) in [5.41, 5.74) is 10.2. The molecule has 1 aromatic carbocycles. The SMILES string of the molecule is CCc1ccc(C2C(C#N)=C(N)N(c3ccc(C)c(Cl)c3)C3=C2C(=O)CC(C)(C)C3)s1. The van der Waals surface area contributed by atoms with Gasteiger partial charge in [0.25, 0.3) is 0 Å². The lowest BCUT2D eigenvalue weighted by Gasteiger charge is -2.43. The topological polar surface area (TPSA) is 70.1 Å². The zero-order valence-corrected chi connectivity index (χ0v) is 19.8. The highest BCUT2D eigenvalue weighted by Gasteiger charge is 2.45. The molecule has 1 atom stereocenters. The molecular formula is C25H26ClN3OS. The number of benzene rings is 1. The number of nitriles is 1. The predicted molar refractivity (Wildman–Crippen MR) is 127 cm³/mol. The van der Waals surface area contributed by atoms with Gasteiger partial charge < -0.3 is 5.73 Å². The summed E-state index contributed by atoms with van der Waals surface area (Å²) in [6.45, 7) is 8.25. The number of thiophene rings is 1. The van der Waals surface area contributed by atoms with Crippen molar-refractivity contribution in [3.63, 3.8) is 0 Å². The minimum Gasteiger partial charge on any atom is -0.384 e. The Hall–Kier alpha value is -2.55. The second-order valence-electron chi connectivity index (χ2n) is 9.07. The molecule has 2 aromatic rings. The van der Waals surface area contributed by atoms with Crippen LogP contribution in [0.25, 0.3) is 0 Å². The van der Waals surface area contributed by atoms with Crippen LogP contribution in [0, 0.1) is 23.7 Å². The Morgan fingerprint density at radius 3 is 2.65 bits per heavy atom. The van der Waals surface area contributed by atoms with Crippen LogP contribution < -0.4 is 10.6 Å². The number of halogens is 1. The number of aryl methyl sites for hydroxylation is 2. The molecule has 2 aliphatic rings. The van der Waals surface area contributed by atoms with Crippen molar-refractivity contribution < 1.29 is 4.79 Å². The van der Waals surface area contributed by atoms with E-state index in [0.717, 1.165) is 28.2 Å². The molecule has 160 valence electrons. The highest BCUT2D eigenvalue weighted by molar-refractivity contribution is 7.12. The second-order valence-corrected chi connectivity index (χ2v) is 10.7. The molecule has 0 amide bonds. The lowest BCUT2D eigenvalue weighted by atomic mass is 9.69. The summed E-state index contributed by atoms with van der Waals surface area (Å²) < 4.78 is 0. The largest absolute Gasteiger partial charge is 0.384 e. The van der Waals surface area contributed by atoms with E-state index >= 15 is 0 Å². The maximum absolute atomic E-state index is 13.5. The van der Waals surface area contributed by atoms with Crippen molar-refractivity contribution >= 4 is 34.4 Å². The number of nitrogens with zero attached hydrogens (tertiary/aromatic N) is 2. The maximum Gasteiger partial charge on any atom is 0.162 e. The van der Waals surface area contributed by atoms with Crippen LogP contribution in [-0.2, 0) is 11.2 Å². The number of hydrogen-bond donors (Lipinski definition) is 1. The Bertz CT molecular complexity index is 1180. The number of carbonyl (C=O) groups excluding carboxylic acids is 1. The van der Waals surface area contributed by atoms with E-state index in [1.807, 2.05) is 36.1 Å². The molecule has 0 bridgehead atoms. The maximum atomic E-state index is 13.5. The predicted octanol–water partition coefficient (Wildman–Crippen LogP) is 6.21. The van der Waals surface area contributed by atoms with Gasteiger partial charge in [-0.25, -0.2) is 0 Å². The summed E-state index contributed by atoms with van der Waals surface area (Å²) in [5, 5.41) is 10.8. The summed E-state index contributed by atoms with van der Waals surface area (Å²) in [6, 6.07) is 12.2. The standard InChI is InChI=1S/C25H26ClN3OS/c1-5-16-8-9-21(31-16)22-17(13-27)24(28)29(15-7-6-14(2)18(26)10-15)19-11-25(3,4)12-20(30)23(19)22/h6-10,22H,5,11-12,28H2,1-4H3. The Morgan fingerprint density at radius 1 is 1.29 bits per heavy atom. The molecule has 1 aromatic heterocycles. The van der Waals surface area contributed by atoms with Crippen molar-refractivity contribution in [2.45, 2.75) is 52.9 Å². The monoisotopic (exact) mass is 451 g/mol. The van der Waals surface area contributed by atoms with Gasteiger partial charge in [-0.05, 0) is 55.0 Å². The van der Waals surface area contributed by atoms with Crippen LogP contribution in [0.3, 0.4) is 0 Å². The molecular weight excluding hydrogens is 426 g/mol. The van der Waals surface area contributed by atoms with Crippen LogP contribution in [0.4, 0.5) is 5.69 Å². The molecule has 0 saturated carbocycles. The number of nitrogens with two attached hydrogens (primary N) is 1. The average Bonchev–Trinajstić information content (AvgIpc) is 3.17. The third kappa shape index (κ3) is 3.69. The highest BCUT2D eigenvalue weighted by Crippen LogP contribution is 2.51. The first-order chi connectivity index (χ1) is 14.7. The van der Waals surface area contributed by atoms with Crippen molar-refractivity contribution in [2.24, 2.45) is 11.1 Å². The number of hydrogen-bond acceptors (Lipinski definition) is 5. The van der Waals surface area contributed by atoms with Gasteiger partial charge in [-0.15, -0.1) is 11.3 Å². The van der Waals surface area contributed by atoms with Crippen LogP contribution in [0.15, 0.2) is 53.0 Å². The Morgan fingerprint density at radius 2 is 2.03 bits per heavy atom. The van der Waals surface area contributed by atoms with Crippen molar-refractivity contribution in [1.29, 1.82) is 5.26 Å². The molecule has 1 aliphatic carbocycles. The number of ketones is 1. The van der Waals surface area contributed by atoms with Crippen molar-refractivity contribution in [2.75, 3.05) is 4.90 Å². The Labute approximate surface area is 192 Å². The lowest BCUT2D eigenvalue weighted by Crippen LogP contribution is -2.42. The summed E-state index contributed by atoms with van der Waals surface area (Å²) in [7, 11) is 0. The van der Waals surface area contributed by atoms with Crippen molar-refractivity contribution in [3.05, 3.63) is 73.3 Å². The summed E-state index contributed by atoms with van der Waals surface area (Å²) in [5.74, 6) is 0.0559. The van der Waals surface area contributed by atoms with E-state index in [4.69, 9.17) is 17.3 Å². The van der Waals surface area contributed by atoms with Gasteiger partial charge in [-0.2, -0.15) is 5.26 Å². The fraction of sp³-hybridized carbons (Fsp3) is 0.360. The van der Waals surface area contributed by atoms with Crippen LogP contribution in [0.1, 0.15) is 54.8 Å². The molecule has 1 unspecified atom stereocenters. The Balaban J connectivity index is 1.99. The third-order valence-corrected chi connectivity index (χ3v) is 7.81. The van der Waals surface area contributed by atoms with Crippen LogP contribution in [0.5, 0.6) is 0 Å². The zero-order chi connectivity index (χ0) is 22.5. The van der Waals surface area contributed by atoms with E-state index in [9.17, 15) is 10.1 Å². The molecule has 0 spiro atoms. The van der Waals surface area contributed by atoms with Crippen molar-refractivity contribution in [1.82, 2.24) is 0 Å². The summed E-state index contributed by atoms with van der Waals surface area (Å²) >= 11 is 8.08. The van der Waals surface area contributed by atoms with Crippen LogP contribution in [-0.4, -0.2) is 5.78 Å². The molecule has 1 aliphatic heterocycles. The number of Topliss-reactive ketones (excluding diaryl/α,β-unsaturated/α-hetero) is 1.